The van der Waals surface area contributed by atoms with Crippen molar-refractivity contribution in [3.63, 3.8) is 0 Å². The molecule has 2 aromatic carbocycles. The maximum atomic E-state index is 12.3. The predicted molar refractivity (Wildman–Crippen MR) is 94.5 cm³/mol. The zero-order chi connectivity index (χ0) is 19.3. The minimum Gasteiger partial charge on any atom is -0.494 e. The Kier molecular flexibility index (Phi) is 5.98. The summed E-state index contributed by atoms with van der Waals surface area (Å²) in [5.74, 6) is -0.0993. The van der Waals surface area contributed by atoms with Gasteiger partial charge in [0.05, 0.1) is 40.4 Å². The highest BCUT2D eigenvalue weighted by Crippen LogP contribution is 2.30. The maximum absolute atomic E-state index is 12.3. The number of hydrogen-bond acceptors (Lipinski definition) is 6. The molecule has 0 aliphatic heterocycles. The number of amides is 1. The van der Waals surface area contributed by atoms with E-state index in [1.54, 1.807) is 0 Å². The molecule has 0 bridgehead atoms. The van der Waals surface area contributed by atoms with Crippen LogP contribution in [0.5, 0.6) is 11.5 Å². The van der Waals surface area contributed by atoms with Crippen LogP contribution in [0.15, 0.2) is 36.4 Å². The molecule has 9 heteroatoms. The zero-order valence-electron chi connectivity index (χ0n) is 13.9. The van der Waals surface area contributed by atoms with Crippen LogP contribution < -0.4 is 14.8 Å². The highest BCUT2D eigenvalue weighted by Gasteiger charge is 2.19. The third kappa shape index (κ3) is 4.40. The van der Waals surface area contributed by atoms with Crippen molar-refractivity contribution in [2.75, 3.05) is 12.4 Å². The van der Waals surface area contributed by atoms with Crippen LogP contribution in [0, 0.1) is 21.4 Å². The van der Waals surface area contributed by atoms with Crippen LogP contribution in [0.2, 0.25) is 5.02 Å². The topological polar surface area (TPSA) is 114 Å². The summed E-state index contributed by atoms with van der Waals surface area (Å²) in [6.07, 6.45) is -0.916. The molecule has 1 N–H and O–H groups in total. The molecule has 2 aromatic rings. The lowest BCUT2D eigenvalue weighted by atomic mass is 10.2. The Balaban J connectivity index is 2.12. The normalized spacial score (nSPS) is 11.2. The number of methoxy groups -OCH3 is 1. The Morgan fingerprint density at radius 1 is 1.31 bits per heavy atom. The van der Waals surface area contributed by atoms with Gasteiger partial charge in [-0.1, -0.05) is 11.6 Å². The van der Waals surface area contributed by atoms with Crippen LogP contribution >= 0.6 is 11.6 Å². The molecule has 0 radical (unpaired) electrons. The van der Waals surface area contributed by atoms with Crippen LogP contribution in [-0.4, -0.2) is 24.0 Å². The quantitative estimate of drug-likeness (QED) is 0.610. The van der Waals surface area contributed by atoms with Gasteiger partial charge in [-0.3, -0.25) is 14.9 Å². The molecule has 0 fully saturated rings. The number of halogens is 1. The van der Waals surface area contributed by atoms with Gasteiger partial charge in [-0.2, -0.15) is 5.26 Å². The predicted octanol–water partition coefficient (Wildman–Crippen LogP) is 3.53. The van der Waals surface area contributed by atoms with Gasteiger partial charge in [-0.15, -0.1) is 0 Å². The summed E-state index contributed by atoms with van der Waals surface area (Å²) in [7, 11) is 1.34. The van der Waals surface area contributed by atoms with Gasteiger partial charge in [0.25, 0.3) is 11.6 Å². The summed E-state index contributed by atoms with van der Waals surface area (Å²) in [4.78, 5) is 22.6. The number of hydrogen-bond donors (Lipinski definition) is 1. The van der Waals surface area contributed by atoms with Crippen LogP contribution in [-0.2, 0) is 4.79 Å². The second-order valence-electron chi connectivity index (χ2n) is 5.15. The highest BCUT2D eigenvalue weighted by atomic mass is 35.5. The summed E-state index contributed by atoms with van der Waals surface area (Å²) in [6.45, 7) is 1.52. The van der Waals surface area contributed by atoms with E-state index in [0.29, 0.717) is 5.56 Å². The molecule has 0 aliphatic carbocycles. The third-order valence-electron chi connectivity index (χ3n) is 3.39. The summed E-state index contributed by atoms with van der Waals surface area (Å²) >= 11 is 6.02. The highest BCUT2D eigenvalue weighted by molar-refractivity contribution is 6.32. The van der Waals surface area contributed by atoms with E-state index in [2.05, 4.69) is 5.32 Å². The maximum Gasteiger partial charge on any atom is 0.273 e. The molecule has 2 rings (SSSR count). The third-order valence-corrected chi connectivity index (χ3v) is 3.68. The lowest BCUT2D eigenvalue weighted by molar-refractivity contribution is -0.384. The minimum absolute atomic E-state index is 0.149. The number of non-ortho nitro benzene ring substituents is 1. The fourth-order valence-corrected chi connectivity index (χ4v) is 2.27. The smallest absolute Gasteiger partial charge is 0.273 e. The Labute approximate surface area is 154 Å². The molecule has 0 aliphatic rings. The van der Waals surface area contributed by atoms with Gasteiger partial charge in [0.2, 0.25) is 0 Å². The van der Waals surface area contributed by atoms with Crippen molar-refractivity contribution < 1.29 is 19.2 Å². The molecule has 134 valence electrons. The number of nitriles is 1. The number of benzene rings is 2. The van der Waals surface area contributed by atoms with Crippen LogP contribution in [0.1, 0.15) is 12.5 Å². The first-order valence-electron chi connectivity index (χ1n) is 7.35. The molecule has 0 saturated heterocycles. The number of nitro benzene ring substituents is 1. The van der Waals surface area contributed by atoms with E-state index in [9.17, 15) is 14.9 Å². The van der Waals surface area contributed by atoms with E-state index in [4.69, 9.17) is 26.3 Å². The van der Waals surface area contributed by atoms with Gasteiger partial charge in [-0.05, 0) is 31.2 Å². The fraction of sp³-hybridized carbons (Fsp3) is 0.176. The first-order valence-corrected chi connectivity index (χ1v) is 7.73. The monoisotopic (exact) mass is 375 g/mol. The van der Waals surface area contributed by atoms with Gasteiger partial charge in [-0.25, -0.2) is 0 Å². The molecule has 0 spiro atoms. The van der Waals surface area contributed by atoms with Crippen molar-refractivity contribution in [3.05, 3.63) is 57.1 Å². The number of carbonyl (C=O) groups excluding carboxylic acids is 1. The zero-order valence-corrected chi connectivity index (χ0v) is 14.6. The molecule has 0 saturated carbocycles. The minimum atomic E-state index is -0.916. The van der Waals surface area contributed by atoms with Crippen LogP contribution in [0.4, 0.5) is 11.4 Å². The van der Waals surface area contributed by atoms with E-state index in [1.807, 2.05) is 6.07 Å². The van der Waals surface area contributed by atoms with Crippen molar-refractivity contribution in [2.24, 2.45) is 0 Å². The molecule has 1 amide bonds. The Bertz CT molecular complexity index is 894. The van der Waals surface area contributed by atoms with Crippen LogP contribution in [0.3, 0.4) is 0 Å². The van der Waals surface area contributed by atoms with Gasteiger partial charge in [0.15, 0.2) is 6.10 Å². The van der Waals surface area contributed by atoms with Crippen molar-refractivity contribution in [3.8, 4) is 17.6 Å². The largest absolute Gasteiger partial charge is 0.494 e. The molecule has 0 unspecified atom stereocenters. The molecule has 26 heavy (non-hydrogen) atoms. The molecule has 0 aromatic heterocycles. The van der Waals surface area contributed by atoms with Gasteiger partial charge in [0, 0.05) is 6.07 Å². The molecule has 1 atom stereocenters. The first kappa shape index (κ1) is 19.0. The summed E-state index contributed by atoms with van der Waals surface area (Å²) in [5, 5.41) is 22.4. The van der Waals surface area contributed by atoms with Crippen molar-refractivity contribution >= 4 is 28.9 Å². The van der Waals surface area contributed by atoms with Crippen molar-refractivity contribution in [1.82, 2.24) is 0 Å². The molecule has 0 heterocycles. The number of ether oxygens (including phenoxy) is 2. The SMILES string of the molecule is COc1cc([N+](=O)[O-])ccc1NC(=O)[C@H](C)Oc1ccc(C#N)cc1Cl. The van der Waals surface area contributed by atoms with E-state index >= 15 is 0 Å². The van der Waals surface area contributed by atoms with Crippen LogP contribution in [0.25, 0.3) is 0 Å². The Hall–Kier alpha value is -3.31. The standard InChI is InChI=1S/C17H14ClN3O5/c1-10(26-15-6-3-11(9-19)7-13(15)18)17(22)20-14-5-4-12(21(23)24)8-16(14)25-2/h3-8,10H,1-2H3,(H,20,22)/t10-/m0/s1. The fourth-order valence-electron chi connectivity index (χ4n) is 2.04. The van der Waals surface area contributed by atoms with E-state index < -0.39 is 16.9 Å². The lowest BCUT2D eigenvalue weighted by Gasteiger charge is -2.16. The molecular formula is C17H14ClN3O5. The number of nitrogens with zero attached hydrogens (tertiary/aromatic N) is 2. The summed E-state index contributed by atoms with van der Waals surface area (Å²) in [5.41, 5.74) is 0.480. The van der Waals surface area contributed by atoms with Gasteiger partial charge < -0.3 is 14.8 Å². The second kappa shape index (κ2) is 8.18. The number of nitrogens with one attached hydrogen (secondary N) is 1. The Morgan fingerprint density at radius 2 is 2.04 bits per heavy atom. The van der Waals surface area contributed by atoms with E-state index in [1.165, 1.54) is 50.4 Å². The summed E-state index contributed by atoms with van der Waals surface area (Å²) < 4.78 is 10.6. The van der Waals surface area contributed by atoms with E-state index in [-0.39, 0.29) is 27.9 Å². The number of carbonyl (C=O) groups is 1. The van der Waals surface area contributed by atoms with Gasteiger partial charge >= 0.3 is 0 Å². The van der Waals surface area contributed by atoms with Crippen molar-refractivity contribution in [1.29, 1.82) is 5.26 Å². The second-order valence-corrected chi connectivity index (χ2v) is 5.56. The molecule has 8 nitrogen and oxygen atoms in total. The van der Waals surface area contributed by atoms with Gasteiger partial charge in [0.1, 0.15) is 11.5 Å². The average molecular weight is 376 g/mol. The number of rotatable bonds is 6. The number of anilines is 1. The molecular weight excluding hydrogens is 362 g/mol. The summed E-state index contributed by atoms with van der Waals surface area (Å²) in [6, 6.07) is 10.2. The average Bonchev–Trinajstić information content (AvgIpc) is 2.63. The number of nitro groups is 1. The Morgan fingerprint density at radius 3 is 2.62 bits per heavy atom. The lowest BCUT2D eigenvalue weighted by Crippen LogP contribution is -2.30. The van der Waals surface area contributed by atoms with E-state index in [0.717, 1.165) is 0 Å². The first-order chi connectivity index (χ1) is 12.3. The van der Waals surface area contributed by atoms with Crippen molar-refractivity contribution in [2.45, 2.75) is 13.0 Å².